The predicted molar refractivity (Wildman–Crippen MR) is 137 cm³/mol. The number of anilines is 3. The van der Waals surface area contributed by atoms with Crippen LogP contribution >= 0.6 is 11.6 Å². The van der Waals surface area contributed by atoms with Crippen molar-refractivity contribution in [2.75, 3.05) is 10.6 Å². The minimum atomic E-state index is -0.259. The standard InChI is InChI=1S/C26H23ClN6O2/c1-2-23(34)30-18-10-15(11-18)25(35)31-16-6-5-7-17(12-16)32-26-29-14-21(27)24(33-26)20-13-28-22-9-4-3-8-19(20)22/h2,5-10,12-14,18,28H,1,3-4,11H2,(H,30,34)(H,31,35)(H,29,32,33)/t18-/m0/s1. The molecule has 2 aromatic heterocycles. The van der Waals surface area contributed by atoms with Crippen LogP contribution in [0.3, 0.4) is 0 Å². The minimum absolute atomic E-state index is 0.147. The summed E-state index contributed by atoms with van der Waals surface area (Å²) in [5, 5.41) is 11.4. The molecule has 2 aliphatic rings. The highest BCUT2D eigenvalue weighted by Crippen LogP contribution is 2.26. The van der Waals surface area contributed by atoms with Crippen LogP contribution in [0.15, 0.2) is 61.0 Å². The van der Waals surface area contributed by atoms with E-state index in [0.29, 0.717) is 40.0 Å². The van der Waals surface area contributed by atoms with Gasteiger partial charge in [-0.2, -0.15) is 0 Å². The van der Waals surface area contributed by atoms with Crippen LogP contribution < -0.4 is 26.5 Å². The molecule has 1 atom stereocenters. The van der Waals surface area contributed by atoms with E-state index in [0.717, 1.165) is 29.0 Å². The van der Waals surface area contributed by atoms with Crippen molar-refractivity contribution in [2.45, 2.75) is 25.3 Å². The first kappa shape index (κ1) is 22.6. The number of nitrogens with one attached hydrogen (secondary N) is 4. The molecular formula is C26H23ClN6O2. The van der Waals surface area contributed by atoms with Crippen molar-refractivity contribution in [1.82, 2.24) is 20.3 Å². The number of benzene rings is 1. The smallest absolute Gasteiger partial charge is 0.251 e. The van der Waals surface area contributed by atoms with Gasteiger partial charge in [-0.1, -0.05) is 42.5 Å². The summed E-state index contributed by atoms with van der Waals surface area (Å²) in [7, 11) is 0. The Balaban J connectivity index is 1.30. The Hall–Kier alpha value is -4.17. The number of nitrogens with zero attached hydrogens (tertiary/aromatic N) is 2. The van der Waals surface area contributed by atoms with E-state index < -0.39 is 0 Å². The molecule has 0 unspecified atom stereocenters. The summed E-state index contributed by atoms with van der Waals surface area (Å²) in [5.74, 6) is -0.0726. The number of carbonyl (C=O) groups excluding carboxylic acids is 2. The minimum Gasteiger partial charge on any atom is -0.361 e. The fourth-order valence-corrected chi connectivity index (χ4v) is 4.26. The monoisotopic (exact) mass is 486 g/mol. The number of rotatable bonds is 7. The second kappa shape index (κ2) is 9.60. The maximum Gasteiger partial charge on any atom is 0.251 e. The number of aromatic amines is 1. The van der Waals surface area contributed by atoms with Crippen molar-refractivity contribution >= 4 is 52.9 Å². The molecule has 0 spiro atoms. The number of halogens is 1. The van der Waals surface area contributed by atoms with Crippen molar-refractivity contribution in [3.05, 3.63) is 76.6 Å². The van der Waals surface area contributed by atoms with Gasteiger partial charge in [-0.15, -0.1) is 0 Å². The number of H-pyrrole nitrogens is 1. The molecule has 4 N–H and O–H groups in total. The second-order valence-electron chi connectivity index (χ2n) is 8.28. The summed E-state index contributed by atoms with van der Waals surface area (Å²) >= 11 is 6.44. The zero-order valence-electron chi connectivity index (χ0n) is 18.8. The summed E-state index contributed by atoms with van der Waals surface area (Å²) in [6, 6.07) is 7.13. The van der Waals surface area contributed by atoms with Crippen LogP contribution in [-0.2, 0) is 9.59 Å². The molecule has 8 nitrogen and oxygen atoms in total. The Morgan fingerprint density at radius 1 is 1.20 bits per heavy atom. The predicted octanol–water partition coefficient (Wildman–Crippen LogP) is 3.16. The van der Waals surface area contributed by atoms with Gasteiger partial charge in [0.25, 0.3) is 5.91 Å². The van der Waals surface area contributed by atoms with Crippen LogP contribution in [0, 0.1) is 0 Å². The van der Waals surface area contributed by atoms with E-state index in [-0.39, 0.29) is 17.9 Å². The zero-order valence-corrected chi connectivity index (χ0v) is 19.5. The lowest BCUT2D eigenvalue weighted by molar-refractivity contribution is -0.117. The molecule has 0 bridgehead atoms. The number of hydrogen-bond donors (Lipinski definition) is 4. The van der Waals surface area contributed by atoms with Gasteiger partial charge in [0.05, 0.1) is 23.0 Å². The van der Waals surface area contributed by atoms with Gasteiger partial charge >= 0.3 is 0 Å². The van der Waals surface area contributed by atoms with E-state index in [2.05, 4.69) is 49.6 Å². The van der Waals surface area contributed by atoms with E-state index in [1.165, 1.54) is 6.08 Å². The van der Waals surface area contributed by atoms with Crippen molar-refractivity contribution in [1.29, 1.82) is 0 Å². The molecule has 0 fully saturated rings. The Bertz CT molecular complexity index is 1490. The van der Waals surface area contributed by atoms with Gasteiger partial charge < -0.3 is 20.9 Å². The lowest BCUT2D eigenvalue weighted by Crippen LogP contribution is -2.39. The molecule has 35 heavy (non-hydrogen) atoms. The van der Waals surface area contributed by atoms with Gasteiger partial charge in [0, 0.05) is 45.7 Å². The Labute approximate surface area is 206 Å². The molecule has 9 heteroatoms. The molecule has 0 aliphatic heterocycles. The normalized spacial score (nSPS) is 15.9. The van der Waals surface area contributed by atoms with Gasteiger partial charge in [0.1, 0.15) is 0 Å². The zero-order chi connectivity index (χ0) is 24.4. The van der Waals surface area contributed by atoms with Crippen LogP contribution in [0.4, 0.5) is 17.3 Å². The van der Waals surface area contributed by atoms with E-state index in [1.54, 1.807) is 24.4 Å². The molecule has 2 heterocycles. The first-order valence-corrected chi connectivity index (χ1v) is 11.6. The number of hydrogen-bond acceptors (Lipinski definition) is 5. The third kappa shape index (κ3) is 4.88. The molecule has 5 rings (SSSR count). The van der Waals surface area contributed by atoms with Gasteiger partial charge in [0.2, 0.25) is 11.9 Å². The van der Waals surface area contributed by atoms with Crippen LogP contribution in [0.5, 0.6) is 0 Å². The maximum atomic E-state index is 12.5. The second-order valence-corrected chi connectivity index (χ2v) is 8.69. The Morgan fingerprint density at radius 2 is 2.00 bits per heavy atom. The Kier molecular flexibility index (Phi) is 6.20. The highest BCUT2D eigenvalue weighted by molar-refractivity contribution is 6.32. The van der Waals surface area contributed by atoms with Crippen molar-refractivity contribution in [2.24, 2.45) is 0 Å². The number of amides is 2. The van der Waals surface area contributed by atoms with Crippen LogP contribution in [0.25, 0.3) is 23.4 Å². The number of carbonyl (C=O) groups is 2. The number of aromatic nitrogens is 3. The maximum absolute atomic E-state index is 12.5. The quantitative estimate of drug-likeness (QED) is 0.383. The third-order valence-corrected chi connectivity index (χ3v) is 6.12. The van der Waals surface area contributed by atoms with E-state index in [9.17, 15) is 9.59 Å². The molecule has 1 aromatic carbocycles. The average molecular weight is 487 g/mol. The van der Waals surface area contributed by atoms with Crippen molar-refractivity contribution < 1.29 is 9.59 Å². The highest BCUT2D eigenvalue weighted by Gasteiger charge is 2.25. The first-order valence-electron chi connectivity index (χ1n) is 11.2. The van der Waals surface area contributed by atoms with E-state index in [1.807, 2.05) is 18.3 Å². The van der Waals surface area contributed by atoms with Crippen molar-refractivity contribution in [3.63, 3.8) is 0 Å². The topological polar surface area (TPSA) is 112 Å². The summed E-state index contributed by atoms with van der Waals surface area (Å²) in [6.07, 6.45) is 13.3. The lowest BCUT2D eigenvalue weighted by atomic mass is 9.92. The first-order chi connectivity index (χ1) is 17.0. The average Bonchev–Trinajstić information content (AvgIpc) is 3.26. The van der Waals surface area contributed by atoms with Gasteiger partial charge in [0.15, 0.2) is 0 Å². The van der Waals surface area contributed by atoms with Gasteiger partial charge in [-0.05, 0) is 37.1 Å². The summed E-state index contributed by atoms with van der Waals surface area (Å²) in [4.78, 5) is 36.1. The molecule has 0 saturated heterocycles. The molecular weight excluding hydrogens is 464 g/mol. The van der Waals surface area contributed by atoms with Crippen molar-refractivity contribution in [3.8, 4) is 11.3 Å². The van der Waals surface area contributed by atoms with Gasteiger partial charge in [-0.3, -0.25) is 9.59 Å². The molecule has 0 radical (unpaired) electrons. The van der Waals surface area contributed by atoms with E-state index >= 15 is 0 Å². The van der Waals surface area contributed by atoms with E-state index in [4.69, 9.17) is 11.6 Å². The summed E-state index contributed by atoms with van der Waals surface area (Å²) in [5.41, 5.74) is 3.54. The molecule has 3 aromatic rings. The lowest BCUT2D eigenvalue weighted by Gasteiger charge is -2.25. The summed E-state index contributed by atoms with van der Waals surface area (Å²) in [6.45, 7) is 3.42. The Morgan fingerprint density at radius 3 is 2.83 bits per heavy atom. The fourth-order valence-electron chi connectivity index (χ4n) is 4.07. The molecule has 2 aliphatic carbocycles. The molecule has 2 amide bonds. The largest absolute Gasteiger partial charge is 0.361 e. The fraction of sp³-hybridized carbons (Fsp3) is 0.154. The van der Waals surface area contributed by atoms with Crippen LogP contribution in [0.1, 0.15) is 19.3 Å². The van der Waals surface area contributed by atoms with Crippen LogP contribution in [0.2, 0.25) is 5.02 Å². The molecule has 0 saturated carbocycles. The summed E-state index contributed by atoms with van der Waals surface area (Å²) < 4.78 is 0. The highest BCUT2D eigenvalue weighted by atomic mass is 35.5. The van der Waals surface area contributed by atoms with Crippen LogP contribution in [-0.4, -0.2) is 32.8 Å². The van der Waals surface area contributed by atoms with Gasteiger partial charge in [-0.25, -0.2) is 9.97 Å². The number of fused-ring (bicyclic) bond motifs is 1. The molecule has 176 valence electrons. The third-order valence-electron chi connectivity index (χ3n) is 5.84. The SMILES string of the molecule is C=CC(=O)N[C@H]1C=C(C(=O)Nc2cccc(Nc3ncc(Cl)c(-c4c[nH]c5c4=CCCC=5)n3)c2)C1.